The third-order valence-corrected chi connectivity index (χ3v) is 6.55. The SMILES string of the molecule is CCC(Sc1nc2ccccc2c(=O)n1CC1CCCO1)C(=O)N(CC)CC. The molecule has 0 aliphatic carbocycles. The largest absolute Gasteiger partial charge is 0.376 e. The molecule has 3 rings (SSSR count). The highest BCUT2D eigenvalue weighted by Gasteiger charge is 2.26. The van der Waals surface area contributed by atoms with Crippen LogP contribution < -0.4 is 5.56 Å². The molecule has 1 saturated heterocycles. The van der Waals surface area contributed by atoms with E-state index in [-0.39, 0.29) is 22.8 Å². The molecule has 1 aliphatic heterocycles. The Kier molecular flexibility index (Phi) is 7.13. The number of carbonyl (C=O) groups is 1. The van der Waals surface area contributed by atoms with Crippen LogP contribution in [0.25, 0.3) is 10.9 Å². The third kappa shape index (κ3) is 4.41. The monoisotopic (exact) mass is 403 g/mol. The highest BCUT2D eigenvalue weighted by molar-refractivity contribution is 8.00. The number of aromatic nitrogens is 2. The van der Waals surface area contributed by atoms with E-state index in [1.54, 1.807) is 4.57 Å². The Balaban J connectivity index is 1.99. The number of para-hydroxylation sites is 1. The van der Waals surface area contributed by atoms with Crippen molar-refractivity contribution in [2.24, 2.45) is 0 Å². The van der Waals surface area contributed by atoms with E-state index in [4.69, 9.17) is 9.72 Å². The summed E-state index contributed by atoms with van der Waals surface area (Å²) in [6.07, 6.45) is 2.67. The maximum atomic E-state index is 13.2. The minimum atomic E-state index is -0.260. The van der Waals surface area contributed by atoms with Crippen LogP contribution in [-0.2, 0) is 16.1 Å². The number of benzene rings is 1. The number of amides is 1. The van der Waals surface area contributed by atoms with Crippen molar-refractivity contribution in [3.05, 3.63) is 34.6 Å². The molecule has 1 aromatic carbocycles. The fourth-order valence-corrected chi connectivity index (χ4v) is 4.67. The van der Waals surface area contributed by atoms with E-state index < -0.39 is 0 Å². The van der Waals surface area contributed by atoms with E-state index in [1.165, 1.54) is 11.8 Å². The van der Waals surface area contributed by atoms with Crippen molar-refractivity contribution >= 4 is 28.6 Å². The van der Waals surface area contributed by atoms with Crippen molar-refractivity contribution in [2.75, 3.05) is 19.7 Å². The predicted octanol–water partition coefficient (Wildman–Crippen LogP) is 3.31. The minimum Gasteiger partial charge on any atom is -0.376 e. The first kappa shape index (κ1) is 20.9. The number of carbonyl (C=O) groups excluding carboxylic acids is 1. The molecule has 0 saturated carbocycles. The Labute approximate surface area is 170 Å². The van der Waals surface area contributed by atoms with Crippen molar-refractivity contribution in [1.82, 2.24) is 14.5 Å². The maximum absolute atomic E-state index is 13.2. The van der Waals surface area contributed by atoms with Crippen LogP contribution in [0.1, 0.15) is 40.0 Å². The van der Waals surface area contributed by atoms with Gasteiger partial charge in [0.2, 0.25) is 5.91 Å². The van der Waals surface area contributed by atoms with Crippen LogP contribution in [0.15, 0.2) is 34.2 Å². The van der Waals surface area contributed by atoms with Gasteiger partial charge in [-0.05, 0) is 45.2 Å². The molecule has 0 spiro atoms. The van der Waals surface area contributed by atoms with E-state index in [9.17, 15) is 9.59 Å². The van der Waals surface area contributed by atoms with Crippen LogP contribution in [0.5, 0.6) is 0 Å². The number of ether oxygens (including phenoxy) is 1. The minimum absolute atomic E-state index is 0.0265. The second-order valence-corrected chi connectivity index (χ2v) is 8.16. The number of hydrogen-bond donors (Lipinski definition) is 0. The Morgan fingerprint density at radius 2 is 2.07 bits per heavy atom. The summed E-state index contributed by atoms with van der Waals surface area (Å²) in [5.41, 5.74) is 0.609. The lowest BCUT2D eigenvalue weighted by Gasteiger charge is -2.25. The number of hydrogen-bond acceptors (Lipinski definition) is 5. The van der Waals surface area contributed by atoms with E-state index in [1.807, 2.05) is 49.9 Å². The van der Waals surface area contributed by atoms with Gasteiger partial charge in [-0.25, -0.2) is 4.98 Å². The number of thioether (sulfide) groups is 1. The summed E-state index contributed by atoms with van der Waals surface area (Å²) in [5, 5.41) is 0.947. The summed E-state index contributed by atoms with van der Waals surface area (Å²) in [6, 6.07) is 7.40. The average Bonchev–Trinajstić information content (AvgIpc) is 3.23. The van der Waals surface area contributed by atoms with E-state index in [0.717, 1.165) is 19.4 Å². The summed E-state index contributed by atoms with van der Waals surface area (Å²) in [6.45, 7) is 8.56. The first-order chi connectivity index (χ1) is 13.6. The lowest BCUT2D eigenvalue weighted by Crippen LogP contribution is -2.38. The van der Waals surface area contributed by atoms with E-state index in [0.29, 0.717) is 42.1 Å². The van der Waals surface area contributed by atoms with E-state index >= 15 is 0 Å². The molecular formula is C21H29N3O3S. The molecule has 1 amide bonds. The molecule has 152 valence electrons. The molecule has 2 atom stereocenters. The highest BCUT2D eigenvalue weighted by Crippen LogP contribution is 2.27. The average molecular weight is 404 g/mol. The van der Waals surface area contributed by atoms with Gasteiger partial charge in [-0.3, -0.25) is 14.2 Å². The molecule has 1 aromatic heterocycles. The van der Waals surface area contributed by atoms with Gasteiger partial charge in [0, 0.05) is 19.7 Å². The van der Waals surface area contributed by atoms with Gasteiger partial charge in [0.25, 0.3) is 5.56 Å². The molecule has 0 bridgehead atoms. The topological polar surface area (TPSA) is 64.4 Å². The maximum Gasteiger partial charge on any atom is 0.262 e. The highest BCUT2D eigenvalue weighted by atomic mass is 32.2. The molecule has 2 heterocycles. The Morgan fingerprint density at radius 1 is 1.32 bits per heavy atom. The zero-order chi connectivity index (χ0) is 20.1. The quantitative estimate of drug-likeness (QED) is 0.500. The molecular weight excluding hydrogens is 374 g/mol. The van der Waals surface area contributed by atoms with Crippen LogP contribution in [0.4, 0.5) is 0 Å². The summed E-state index contributed by atoms with van der Waals surface area (Å²) < 4.78 is 7.47. The van der Waals surface area contributed by atoms with Crippen LogP contribution in [-0.4, -0.2) is 51.4 Å². The summed E-state index contributed by atoms with van der Waals surface area (Å²) in [4.78, 5) is 32.7. The molecule has 0 N–H and O–H groups in total. The second-order valence-electron chi connectivity index (χ2n) is 6.99. The molecule has 2 aromatic rings. The summed E-state index contributed by atoms with van der Waals surface area (Å²) in [7, 11) is 0. The molecule has 6 nitrogen and oxygen atoms in total. The normalized spacial score (nSPS) is 17.8. The summed E-state index contributed by atoms with van der Waals surface area (Å²) >= 11 is 1.40. The second kappa shape index (κ2) is 9.56. The van der Waals surface area contributed by atoms with Gasteiger partial charge in [-0.2, -0.15) is 0 Å². The Morgan fingerprint density at radius 3 is 2.71 bits per heavy atom. The number of rotatable bonds is 8. The van der Waals surface area contributed by atoms with Gasteiger partial charge in [-0.15, -0.1) is 0 Å². The van der Waals surface area contributed by atoms with Crippen molar-refractivity contribution in [2.45, 2.75) is 63.1 Å². The number of nitrogens with zero attached hydrogens (tertiary/aromatic N) is 3. The first-order valence-electron chi connectivity index (χ1n) is 10.2. The van der Waals surface area contributed by atoms with Crippen LogP contribution in [0.2, 0.25) is 0 Å². The lowest BCUT2D eigenvalue weighted by molar-refractivity contribution is -0.130. The van der Waals surface area contributed by atoms with Gasteiger partial charge in [0.1, 0.15) is 0 Å². The Bertz CT molecular complexity index is 873. The van der Waals surface area contributed by atoms with Gasteiger partial charge < -0.3 is 9.64 Å². The number of fused-ring (bicyclic) bond motifs is 1. The van der Waals surface area contributed by atoms with E-state index in [2.05, 4.69) is 0 Å². The zero-order valence-electron chi connectivity index (χ0n) is 16.9. The molecule has 1 fully saturated rings. The van der Waals surface area contributed by atoms with Crippen molar-refractivity contribution in [3.8, 4) is 0 Å². The zero-order valence-corrected chi connectivity index (χ0v) is 17.7. The molecule has 2 unspecified atom stereocenters. The van der Waals surface area contributed by atoms with Crippen LogP contribution >= 0.6 is 11.8 Å². The van der Waals surface area contributed by atoms with Crippen molar-refractivity contribution in [3.63, 3.8) is 0 Å². The van der Waals surface area contributed by atoms with Crippen molar-refractivity contribution < 1.29 is 9.53 Å². The lowest BCUT2D eigenvalue weighted by atomic mass is 10.2. The predicted molar refractivity (Wildman–Crippen MR) is 113 cm³/mol. The van der Waals surface area contributed by atoms with Gasteiger partial charge in [0.05, 0.1) is 28.8 Å². The molecule has 7 heteroatoms. The van der Waals surface area contributed by atoms with Crippen LogP contribution in [0.3, 0.4) is 0 Å². The smallest absolute Gasteiger partial charge is 0.262 e. The fourth-order valence-electron chi connectivity index (χ4n) is 3.57. The van der Waals surface area contributed by atoms with Crippen LogP contribution in [0, 0.1) is 0 Å². The van der Waals surface area contributed by atoms with Gasteiger partial charge in [0.15, 0.2) is 5.16 Å². The van der Waals surface area contributed by atoms with Gasteiger partial charge in [-0.1, -0.05) is 30.8 Å². The summed E-state index contributed by atoms with van der Waals surface area (Å²) in [5.74, 6) is 0.101. The molecule has 28 heavy (non-hydrogen) atoms. The third-order valence-electron chi connectivity index (χ3n) is 5.21. The van der Waals surface area contributed by atoms with Crippen molar-refractivity contribution in [1.29, 1.82) is 0 Å². The van der Waals surface area contributed by atoms with Gasteiger partial charge >= 0.3 is 0 Å². The molecule has 1 aliphatic rings. The fraction of sp³-hybridized carbons (Fsp3) is 0.571. The standard InChI is InChI=1S/C21H29N3O3S/c1-4-18(20(26)23(5-2)6-3)28-21-22-17-12-8-7-11-16(17)19(25)24(21)14-15-10-9-13-27-15/h7-8,11-12,15,18H,4-6,9-10,13-14H2,1-3H3. The first-order valence-corrected chi connectivity index (χ1v) is 11.0. The Hall–Kier alpha value is -1.86. The molecule has 0 radical (unpaired) electrons.